The third-order valence-corrected chi connectivity index (χ3v) is 6.37. The van der Waals surface area contributed by atoms with E-state index in [1.54, 1.807) is 40.1 Å². The summed E-state index contributed by atoms with van der Waals surface area (Å²) in [5, 5.41) is 11.8. The highest BCUT2D eigenvalue weighted by molar-refractivity contribution is 5.96. The Morgan fingerprint density at radius 1 is 0.927 bits per heavy atom. The van der Waals surface area contributed by atoms with Crippen LogP contribution in [0.5, 0.6) is 0 Å². The standard InChI is InChI=1S/C29H39N5O7/c1-31-14-15-32(2)17-19-34(23-26(35)36)21-20-33(18-16-31)13-7-8-22-41-27(37)12-11-25(29(39)40-3)30-28(38)24-9-5-4-6-10-24/h1-2,4-6,9-10,25H,11-23H2,3H3,(H,30,38)(H,35,36). The summed E-state index contributed by atoms with van der Waals surface area (Å²) in [5.41, 5.74) is 0.382. The van der Waals surface area contributed by atoms with Gasteiger partial charge in [0.15, 0.2) is 6.61 Å². The van der Waals surface area contributed by atoms with E-state index in [1.807, 2.05) is 4.90 Å². The zero-order chi connectivity index (χ0) is 30.0. The van der Waals surface area contributed by atoms with Crippen LogP contribution in [0.25, 0.3) is 0 Å². The van der Waals surface area contributed by atoms with Crippen LogP contribution in [0.4, 0.5) is 0 Å². The number of hydrogen-bond acceptors (Lipinski definition) is 10. The number of hydrogen-bond donors (Lipinski definition) is 2. The van der Waals surface area contributed by atoms with Crippen LogP contribution in [0.3, 0.4) is 0 Å². The zero-order valence-electron chi connectivity index (χ0n) is 23.5. The smallest absolute Gasteiger partial charge is 0.328 e. The summed E-state index contributed by atoms with van der Waals surface area (Å²) in [6.45, 7) is 4.59. The van der Waals surface area contributed by atoms with Crippen molar-refractivity contribution in [2.24, 2.45) is 0 Å². The highest BCUT2D eigenvalue weighted by Gasteiger charge is 2.23. The number of aliphatic carboxylic acids is 1. The Labute approximate surface area is 242 Å². The molecule has 0 bridgehead atoms. The molecule has 1 aliphatic rings. The molecule has 0 aromatic heterocycles. The summed E-state index contributed by atoms with van der Waals surface area (Å²) in [4.78, 5) is 55.2. The van der Waals surface area contributed by atoms with E-state index >= 15 is 0 Å². The van der Waals surface area contributed by atoms with Crippen molar-refractivity contribution in [3.8, 4) is 11.8 Å². The molecule has 1 amide bonds. The molecule has 222 valence electrons. The van der Waals surface area contributed by atoms with Gasteiger partial charge in [-0.1, -0.05) is 30.0 Å². The molecule has 1 fully saturated rings. The summed E-state index contributed by atoms with van der Waals surface area (Å²) in [7, 11) is 13.3. The van der Waals surface area contributed by atoms with Crippen LogP contribution in [-0.4, -0.2) is 134 Å². The first-order valence-corrected chi connectivity index (χ1v) is 13.4. The van der Waals surface area contributed by atoms with Crippen molar-refractivity contribution < 1.29 is 33.8 Å². The minimum atomic E-state index is -1.00. The Kier molecular flexibility index (Phi) is 15.4. The van der Waals surface area contributed by atoms with E-state index in [9.17, 15) is 24.3 Å². The van der Waals surface area contributed by atoms with E-state index < -0.39 is 29.9 Å². The summed E-state index contributed by atoms with van der Waals surface area (Å²) in [5.74, 6) is 3.21. The number of ether oxygens (including phenoxy) is 2. The van der Waals surface area contributed by atoms with Crippen molar-refractivity contribution in [2.45, 2.75) is 18.9 Å². The molecule has 1 heterocycles. The Bertz CT molecular complexity index is 1040. The van der Waals surface area contributed by atoms with Crippen LogP contribution in [0.15, 0.2) is 30.3 Å². The number of amides is 1. The number of esters is 2. The third-order valence-electron chi connectivity index (χ3n) is 6.37. The van der Waals surface area contributed by atoms with Crippen LogP contribution >= 0.6 is 0 Å². The van der Waals surface area contributed by atoms with Crippen molar-refractivity contribution in [3.63, 3.8) is 0 Å². The van der Waals surface area contributed by atoms with Gasteiger partial charge in [0, 0.05) is 78.4 Å². The molecule has 2 rings (SSSR count). The zero-order valence-corrected chi connectivity index (χ0v) is 23.5. The molecule has 12 nitrogen and oxygen atoms in total. The lowest BCUT2D eigenvalue weighted by molar-refractivity contribution is -0.145. The van der Waals surface area contributed by atoms with Gasteiger partial charge in [-0.3, -0.25) is 34.0 Å². The first kappa shape index (κ1) is 33.7. The fourth-order valence-electron chi connectivity index (χ4n) is 3.93. The Morgan fingerprint density at radius 2 is 1.51 bits per heavy atom. The van der Waals surface area contributed by atoms with Gasteiger partial charge in [0.05, 0.1) is 20.2 Å². The maximum atomic E-state index is 12.4. The van der Waals surface area contributed by atoms with Gasteiger partial charge < -0.3 is 19.9 Å². The second kappa shape index (κ2) is 18.8. The molecule has 1 atom stereocenters. The molecule has 0 saturated carbocycles. The molecular weight excluding hydrogens is 530 g/mol. The average Bonchev–Trinajstić information content (AvgIpc) is 2.96. The average molecular weight is 570 g/mol. The van der Waals surface area contributed by atoms with Crippen molar-refractivity contribution >= 4 is 23.8 Å². The van der Waals surface area contributed by atoms with E-state index in [-0.39, 0.29) is 26.0 Å². The molecule has 12 heteroatoms. The lowest BCUT2D eigenvalue weighted by Crippen LogP contribution is -2.44. The highest BCUT2D eigenvalue weighted by atomic mass is 16.5. The number of carboxylic acids is 1. The van der Waals surface area contributed by atoms with E-state index in [4.69, 9.17) is 23.6 Å². The molecule has 1 aromatic carbocycles. The quantitative estimate of drug-likeness (QED) is 0.290. The summed E-state index contributed by atoms with van der Waals surface area (Å²) >= 11 is 0. The highest BCUT2D eigenvalue weighted by Crippen LogP contribution is 2.05. The Balaban J connectivity index is 1.83. The van der Waals surface area contributed by atoms with Crippen LogP contribution in [-0.2, 0) is 23.9 Å². The maximum absolute atomic E-state index is 12.4. The fourth-order valence-corrected chi connectivity index (χ4v) is 3.93. The van der Waals surface area contributed by atoms with Crippen molar-refractivity contribution in [1.29, 1.82) is 0 Å². The lowest BCUT2D eigenvalue weighted by atomic mass is 10.1. The molecule has 1 unspecified atom stereocenters. The van der Waals surface area contributed by atoms with E-state index in [2.05, 4.69) is 22.1 Å². The van der Waals surface area contributed by atoms with Crippen LogP contribution in [0.2, 0.25) is 0 Å². The minimum Gasteiger partial charge on any atom is -0.480 e. The molecular formula is C29H39N5O7. The second-order valence-corrected chi connectivity index (χ2v) is 9.49. The number of carbonyl (C=O) groups excluding carboxylic acids is 3. The number of nitrogens with one attached hydrogen (secondary N) is 1. The summed E-state index contributed by atoms with van der Waals surface area (Å²) in [6, 6.07) is 7.40. The van der Waals surface area contributed by atoms with Crippen molar-refractivity contribution in [3.05, 3.63) is 50.0 Å². The van der Waals surface area contributed by atoms with E-state index in [0.717, 1.165) is 0 Å². The SMILES string of the molecule is [CH]N1CCN([CH])CCN(CC(=O)O)CCN(CC#CCOC(=O)CCC(NC(=O)c2ccccc2)C(=O)OC)CC1. The lowest BCUT2D eigenvalue weighted by Gasteiger charge is -2.30. The van der Waals surface area contributed by atoms with Gasteiger partial charge in [-0.2, -0.15) is 0 Å². The predicted molar refractivity (Wildman–Crippen MR) is 150 cm³/mol. The first-order chi connectivity index (χ1) is 19.7. The Hall–Kier alpha value is -3.50. The van der Waals surface area contributed by atoms with Crippen LogP contribution in [0.1, 0.15) is 23.2 Å². The summed E-state index contributed by atoms with van der Waals surface area (Å²) in [6.07, 6.45) is -0.107. The first-order valence-electron chi connectivity index (χ1n) is 13.4. The fraction of sp³-hybridized carbons (Fsp3) is 0.517. The van der Waals surface area contributed by atoms with Gasteiger partial charge in [0.25, 0.3) is 5.91 Å². The summed E-state index contributed by atoms with van der Waals surface area (Å²) < 4.78 is 9.92. The van der Waals surface area contributed by atoms with Crippen LogP contribution < -0.4 is 5.32 Å². The van der Waals surface area contributed by atoms with E-state index in [1.165, 1.54) is 7.11 Å². The molecule has 1 aliphatic heterocycles. The van der Waals surface area contributed by atoms with E-state index in [0.29, 0.717) is 64.5 Å². The molecule has 0 aliphatic carbocycles. The monoisotopic (exact) mass is 569 g/mol. The third kappa shape index (κ3) is 14.1. The van der Waals surface area contributed by atoms with Gasteiger partial charge in [-0.05, 0) is 18.6 Å². The minimum absolute atomic E-state index is 0.00956. The molecule has 1 saturated heterocycles. The molecule has 41 heavy (non-hydrogen) atoms. The van der Waals surface area contributed by atoms with Gasteiger partial charge in [-0.25, -0.2) is 4.79 Å². The Morgan fingerprint density at radius 3 is 2.15 bits per heavy atom. The molecule has 0 spiro atoms. The molecule has 4 radical (unpaired) electrons. The van der Waals surface area contributed by atoms with Gasteiger partial charge in [0.1, 0.15) is 6.04 Å². The van der Waals surface area contributed by atoms with Crippen molar-refractivity contribution in [2.75, 3.05) is 79.2 Å². The van der Waals surface area contributed by atoms with Crippen LogP contribution in [0, 0.1) is 25.9 Å². The normalized spacial score (nSPS) is 17.1. The second-order valence-electron chi connectivity index (χ2n) is 9.49. The van der Waals surface area contributed by atoms with Gasteiger partial charge in [-0.15, -0.1) is 0 Å². The topological polar surface area (TPSA) is 132 Å². The van der Waals surface area contributed by atoms with Gasteiger partial charge in [0.2, 0.25) is 0 Å². The largest absolute Gasteiger partial charge is 0.480 e. The predicted octanol–water partition coefficient (Wildman–Crippen LogP) is -0.0718. The number of methoxy groups -OCH3 is 1. The number of carboxylic acid groups (broad SMARTS) is 1. The van der Waals surface area contributed by atoms with Gasteiger partial charge >= 0.3 is 17.9 Å². The molecule has 1 aromatic rings. The maximum Gasteiger partial charge on any atom is 0.328 e. The molecule has 2 N–H and O–H groups in total. The number of rotatable bonds is 10. The number of nitrogens with zero attached hydrogens (tertiary/aromatic N) is 4. The number of carbonyl (C=O) groups is 4. The number of benzene rings is 1. The van der Waals surface area contributed by atoms with Crippen molar-refractivity contribution in [1.82, 2.24) is 24.9 Å².